The molecule has 2 heterocycles. The molecule has 0 N–H and O–H groups in total. The van der Waals surface area contributed by atoms with E-state index in [4.69, 9.17) is 9.84 Å². The van der Waals surface area contributed by atoms with Gasteiger partial charge in [0.1, 0.15) is 11.3 Å². The van der Waals surface area contributed by atoms with Gasteiger partial charge in [-0.1, -0.05) is 13.8 Å². The fraction of sp³-hybridized carbons (Fsp3) is 0.500. The monoisotopic (exact) mass is 393 g/mol. The smallest absolute Gasteiger partial charge is 0.278 e. The van der Waals surface area contributed by atoms with Crippen LogP contribution in [0.5, 0.6) is 5.75 Å². The van der Waals surface area contributed by atoms with Crippen LogP contribution in [0.1, 0.15) is 73.9 Å². The van der Waals surface area contributed by atoms with E-state index in [0.717, 1.165) is 70.7 Å². The number of ether oxygens (including phenoxy) is 1. The molecule has 1 aromatic carbocycles. The maximum atomic E-state index is 13.8. The maximum Gasteiger partial charge on any atom is 0.278 e. The van der Waals surface area contributed by atoms with E-state index < -0.39 is 0 Å². The van der Waals surface area contributed by atoms with Gasteiger partial charge in [0.25, 0.3) is 5.56 Å². The summed E-state index contributed by atoms with van der Waals surface area (Å²) in [5.74, 6) is 1.99. The summed E-state index contributed by atoms with van der Waals surface area (Å²) in [6.45, 7) is 10.6. The second kappa shape index (κ2) is 7.36. The normalized spacial score (nSPS) is 14.2. The van der Waals surface area contributed by atoms with Crippen LogP contribution in [0.15, 0.2) is 23.0 Å². The number of hydrogen-bond acceptors (Lipinski definition) is 3. The van der Waals surface area contributed by atoms with Gasteiger partial charge in [0.15, 0.2) is 5.82 Å². The third kappa shape index (κ3) is 3.17. The molecule has 0 amide bonds. The molecule has 4 rings (SSSR count). The molecule has 1 aliphatic rings. The molecular weight excluding hydrogens is 362 g/mol. The summed E-state index contributed by atoms with van der Waals surface area (Å²) in [5.41, 5.74) is 6.22. The number of fused-ring (bicyclic) bond motifs is 1. The van der Waals surface area contributed by atoms with Crippen molar-refractivity contribution in [3.63, 3.8) is 0 Å². The lowest BCUT2D eigenvalue weighted by molar-refractivity contribution is 0.414. The number of methoxy groups -OCH3 is 1. The van der Waals surface area contributed by atoms with Gasteiger partial charge in [-0.2, -0.15) is 0 Å². The van der Waals surface area contributed by atoms with E-state index in [1.165, 1.54) is 0 Å². The fourth-order valence-electron chi connectivity index (χ4n) is 4.63. The number of benzene rings is 1. The highest BCUT2D eigenvalue weighted by atomic mass is 16.5. The summed E-state index contributed by atoms with van der Waals surface area (Å²) in [6.07, 6.45) is 4.13. The van der Waals surface area contributed by atoms with Crippen LogP contribution in [-0.2, 0) is 0 Å². The van der Waals surface area contributed by atoms with Crippen molar-refractivity contribution in [3.05, 3.63) is 50.9 Å². The van der Waals surface area contributed by atoms with E-state index in [-0.39, 0.29) is 11.6 Å². The lowest BCUT2D eigenvalue weighted by Crippen LogP contribution is -2.26. The zero-order valence-corrected chi connectivity index (χ0v) is 18.4. The molecule has 2 aromatic heterocycles. The molecule has 1 fully saturated rings. The number of hydrogen-bond donors (Lipinski definition) is 0. The quantitative estimate of drug-likeness (QED) is 0.568. The summed E-state index contributed by atoms with van der Waals surface area (Å²) in [6, 6.07) is 6.46. The summed E-state index contributed by atoms with van der Waals surface area (Å²) in [5, 5.41) is 5.05. The third-order valence-corrected chi connectivity index (χ3v) is 6.33. The van der Waals surface area contributed by atoms with Gasteiger partial charge in [-0.15, -0.1) is 5.10 Å². The molecule has 0 saturated heterocycles. The van der Waals surface area contributed by atoms with Crippen LogP contribution in [0.4, 0.5) is 0 Å². The molecule has 5 nitrogen and oxygen atoms in total. The minimum Gasteiger partial charge on any atom is -0.497 e. The molecular formula is C24H31N3O2. The second-order valence-electron chi connectivity index (χ2n) is 8.38. The van der Waals surface area contributed by atoms with Gasteiger partial charge in [0.05, 0.1) is 7.11 Å². The van der Waals surface area contributed by atoms with Gasteiger partial charge >= 0.3 is 0 Å². The van der Waals surface area contributed by atoms with Crippen molar-refractivity contribution < 1.29 is 4.74 Å². The number of rotatable bonds is 6. The Labute approximate surface area is 172 Å². The van der Waals surface area contributed by atoms with Crippen LogP contribution in [-0.4, -0.2) is 21.3 Å². The Morgan fingerprint density at radius 2 is 1.72 bits per heavy atom. The zero-order valence-electron chi connectivity index (χ0n) is 18.4. The summed E-state index contributed by atoms with van der Waals surface area (Å²) in [7, 11) is 1.68. The zero-order chi connectivity index (χ0) is 20.9. The van der Waals surface area contributed by atoms with Crippen LogP contribution in [0.2, 0.25) is 0 Å². The fourth-order valence-corrected chi connectivity index (χ4v) is 4.63. The highest BCUT2D eigenvalue weighted by Gasteiger charge is 2.31. The van der Waals surface area contributed by atoms with E-state index in [0.29, 0.717) is 5.92 Å². The number of nitrogens with zero attached hydrogens (tertiary/aromatic N) is 3. The van der Waals surface area contributed by atoms with Crippen molar-refractivity contribution in [3.8, 4) is 17.1 Å². The van der Waals surface area contributed by atoms with Crippen molar-refractivity contribution in [2.75, 3.05) is 7.11 Å². The van der Waals surface area contributed by atoms with E-state index >= 15 is 0 Å². The maximum absolute atomic E-state index is 13.8. The number of aryl methyl sites for hydroxylation is 3. The molecule has 1 saturated carbocycles. The first-order valence-electron chi connectivity index (χ1n) is 10.7. The molecule has 29 heavy (non-hydrogen) atoms. The molecule has 154 valence electrons. The van der Waals surface area contributed by atoms with E-state index in [9.17, 15) is 4.79 Å². The summed E-state index contributed by atoms with van der Waals surface area (Å²) < 4.78 is 9.27. The van der Waals surface area contributed by atoms with Crippen LogP contribution in [0.25, 0.3) is 16.9 Å². The van der Waals surface area contributed by atoms with Crippen molar-refractivity contribution in [2.24, 2.45) is 0 Å². The highest BCUT2D eigenvalue weighted by molar-refractivity contribution is 5.68. The van der Waals surface area contributed by atoms with Crippen LogP contribution >= 0.6 is 0 Å². The van der Waals surface area contributed by atoms with Gasteiger partial charge in [-0.3, -0.25) is 9.36 Å². The van der Waals surface area contributed by atoms with Gasteiger partial charge in [-0.25, -0.2) is 4.52 Å². The Bertz CT molecular complexity index is 1110. The largest absolute Gasteiger partial charge is 0.497 e. The van der Waals surface area contributed by atoms with E-state index in [1.54, 1.807) is 7.11 Å². The Hall–Kier alpha value is -2.56. The second-order valence-corrected chi connectivity index (χ2v) is 8.38. The Balaban J connectivity index is 2.06. The Morgan fingerprint density at radius 1 is 1.10 bits per heavy atom. The van der Waals surface area contributed by atoms with Gasteiger partial charge in [-0.05, 0) is 87.3 Å². The summed E-state index contributed by atoms with van der Waals surface area (Å²) in [4.78, 5) is 13.8. The first-order chi connectivity index (χ1) is 13.9. The topological polar surface area (TPSA) is 48.5 Å². The minimum atomic E-state index is 0.0992. The third-order valence-electron chi connectivity index (χ3n) is 6.33. The molecule has 0 aliphatic heterocycles. The predicted molar refractivity (Wildman–Crippen MR) is 117 cm³/mol. The highest BCUT2D eigenvalue weighted by Crippen LogP contribution is 2.39. The van der Waals surface area contributed by atoms with Crippen molar-refractivity contribution in [1.29, 1.82) is 0 Å². The minimum absolute atomic E-state index is 0.0992. The van der Waals surface area contributed by atoms with Crippen LogP contribution in [0.3, 0.4) is 0 Å². The average molecular weight is 394 g/mol. The predicted octanol–water partition coefficient (Wildman–Crippen LogP) is 5.34. The molecule has 0 atom stereocenters. The molecule has 0 spiro atoms. The first-order valence-corrected chi connectivity index (χ1v) is 10.7. The standard InChI is InChI=1S/C24H31N3O2/c1-7-17(8-2)20-13-16(5)27-22(20)24(28)26(18-9-10-18)23(25-27)21-14(3)11-19(29-6)12-15(21)4/h11-13,17-18H,7-10H2,1-6H3. The first kappa shape index (κ1) is 19.7. The lowest BCUT2D eigenvalue weighted by atomic mass is 9.95. The molecule has 0 radical (unpaired) electrons. The molecule has 3 aromatic rings. The van der Waals surface area contributed by atoms with Crippen LogP contribution < -0.4 is 10.3 Å². The molecule has 5 heteroatoms. The van der Waals surface area contributed by atoms with Crippen molar-refractivity contribution in [2.45, 2.75) is 72.3 Å². The summed E-state index contributed by atoms with van der Waals surface area (Å²) >= 11 is 0. The van der Waals surface area contributed by atoms with Gasteiger partial charge in [0, 0.05) is 17.3 Å². The Kier molecular flexibility index (Phi) is 5.01. The van der Waals surface area contributed by atoms with Crippen LogP contribution in [0, 0.1) is 20.8 Å². The van der Waals surface area contributed by atoms with E-state index in [2.05, 4.69) is 33.8 Å². The van der Waals surface area contributed by atoms with E-state index in [1.807, 2.05) is 28.1 Å². The Morgan fingerprint density at radius 3 is 2.24 bits per heavy atom. The van der Waals surface area contributed by atoms with Crippen molar-refractivity contribution >= 4 is 5.52 Å². The van der Waals surface area contributed by atoms with Gasteiger partial charge < -0.3 is 4.74 Å². The number of aromatic nitrogens is 3. The molecule has 1 aliphatic carbocycles. The SMILES string of the molecule is CCC(CC)c1cc(C)n2nc(-c3c(C)cc(OC)cc3C)n(C3CC3)c(=O)c12. The molecule has 0 bridgehead atoms. The molecule has 0 unspecified atom stereocenters. The van der Waals surface area contributed by atoms with Gasteiger partial charge in [0.2, 0.25) is 0 Å². The van der Waals surface area contributed by atoms with Crippen molar-refractivity contribution in [1.82, 2.24) is 14.2 Å². The lowest BCUT2D eigenvalue weighted by Gasteiger charge is -2.18. The average Bonchev–Trinajstić information content (AvgIpc) is 3.46.